The zero-order chi connectivity index (χ0) is 21.2. The van der Waals surface area contributed by atoms with Crippen LogP contribution in [-0.4, -0.2) is 68.1 Å². The van der Waals surface area contributed by atoms with Gasteiger partial charge in [0.1, 0.15) is 5.69 Å². The molecule has 8 nitrogen and oxygen atoms in total. The average Bonchev–Trinajstić information content (AvgIpc) is 3.00. The highest BCUT2D eigenvalue weighted by Gasteiger charge is 2.42. The van der Waals surface area contributed by atoms with Crippen LogP contribution in [0.3, 0.4) is 0 Å². The molecule has 158 valence electrons. The second-order valence-electron chi connectivity index (χ2n) is 7.27. The predicted molar refractivity (Wildman–Crippen MR) is 100 cm³/mol. The first-order valence-electron chi connectivity index (χ1n) is 9.47. The number of alkyl halides is 2. The molecule has 0 aromatic carbocycles. The van der Waals surface area contributed by atoms with Crippen LogP contribution in [0.25, 0.3) is 11.4 Å². The fourth-order valence-corrected chi connectivity index (χ4v) is 3.80. The molecule has 0 amide bonds. The van der Waals surface area contributed by atoms with Crippen molar-refractivity contribution >= 4 is 5.97 Å². The van der Waals surface area contributed by atoms with Crippen LogP contribution >= 0.6 is 0 Å². The predicted octanol–water partition coefficient (Wildman–Crippen LogP) is 1.67. The van der Waals surface area contributed by atoms with Crippen LogP contribution in [0.2, 0.25) is 0 Å². The lowest BCUT2D eigenvalue weighted by molar-refractivity contribution is -0.147. The van der Waals surface area contributed by atoms with Gasteiger partial charge in [0.25, 0.3) is 5.92 Å². The molecule has 1 atom stereocenters. The van der Waals surface area contributed by atoms with Crippen molar-refractivity contribution < 1.29 is 23.4 Å². The Morgan fingerprint density at radius 1 is 1.41 bits per heavy atom. The summed E-state index contributed by atoms with van der Waals surface area (Å²) < 4.78 is 35.0. The second-order valence-corrected chi connectivity index (χ2v) is 7.27. The van der Waals surface area contributed by atoms with Gasteiger partial charge >= 0.3 is 5.97 Å². The van der Waals surface area contributed by atoms with Gasteiger partial charge in [-0.1, -0.05) is 11.3 Å². The molecule has 0 spiro atoms. The van der Waals surface area contributed by atoms with Gasteiger partial charge in [-0.2, -0.15) is 0 Å². The molecule has 0 radical (unpaired) electrons. The maximum Gasteiger partial charge on any atom is 0.320 e. The Labute approximate surface area is 167 Å². The van der Waals surface area contributed by atoms with Crippen LogP contribution in [-0.2, 0) is 23.2 Å². The van der Waals surface area contributed by atoms with Crippen molar-refractivity contribution in [1.82, 2.24) is 24.9 Å². The van der Waals surface area contributed by atoms with Gasteiger partial charge in [-0.15, -0.1) is 5.10 Å². The summed E-state index contributed by atoms with van der Waals surface area (Å²) in [7, 11) is 1.67. The van der Waals surface area contributed by atoms with E-state index >= 15 is 0 Å². The molecular formula is C19H25F2N5O3. The lowest BCUT2D eigenvalue weighted by atomic mass is 9.87. The number of piperidine rings is 1. The zero-order valence-corrected chi connectivity index (χ0v) is 16.7. The standard InChI is InChI=1S/C19H25F2N5O3/c1-4-29-17(28)9-26-8-13(7-19(20,21)11-26)14-5-6-15(22-12(14)2)18-16(10-27)25(3)24-23-18/h5-6,13,27H,4,7-11H2,1-3H3. The van der Waals surface area contributed by atoms with Gasteiger partial charge in [0, 0.05) is 31.6 Å². The molecule has 1 saturated heterocycles. The Hall–Kier alpha value is -2.46. The summed E-state index contributed by atoms with van der Waals surface area (Å²) in [6, 6.07) is 3.47. The van der Waals surface area contributed by atoms with E-state index in [1.807, 2.05) is 0 Å². The van der Waals surface area contributed by atoms with E-state index in [0.29, 0.717) is 34.9 Å². The number of aryl methyl sites for hydroxylation is 2. The van der Waals surface area contributed by atoms with E-state index in [1.54, 1.807) is 33.0 Å². The molecule has 29 heavy (non-hydrogen) atoms. The number of esters is 1. The van der Waals surface area contributed by atoms with Crippen molar-refractivity contribution in [2.75, 3.05) is 26.2 Å². The summed E-state index contributed by atoms with van der Waals surface area (Å²) in [6.45, 7) is 3.12. The molecule has 1 aliphatic rings. The molecule has 10 heteroatoms. The molecule has 1 aliphatic heterocycles. The fraction of sp³-hybridized carbons (Fsp3) is 0.579. The first-order valence-corrected chi connectivity index (χ1v) is 9.47. The number of halogens is 2. The number of ether oxygens (including phenoxy) is 1. The first-order chi connectivity index (χ1) is 13.7. The third-order valence-corrected chi connectivity index (χ3v) is 5.04. The van der Waals surface area contributed by atoms with E-state index in [0.717, 1.165) is 0 Å². The topological polar surface area (TPSA) is 93.4 Å². The van der Waals surface area contributed by atoms with E-state index in [-0.39, 0.29) is 26.2 Å². The van der Waals surface area contributed by atoms with Crippen LogP contribution in [0, 0.1) is 6.92 Å². The summed E-state index contributed by atoms with van der Waals surface area (Å²) in [6.07, 6.45) is -0.304. The minimum atomic E-state index is -2.91. The Bertz CT molecular complexity index is 887. The maximum absolute atomic E-state index is 14.3. The number of hydrogen-bond donors (Lipinski definition) is 1. The molecule has 1 fully saturated rings. The lowest BCUT2D eigenvalue weighted by Gasteiger charge is -2.37. The number of aliphatic hydroxyl groups is 1. The number of aromatic nitrogens is 4. The summed E-state index contributed by atoms with van der Waals surface area (Å²) in [5.74, 6) is -3.88. The molecule has 0 bridgehead atoms. The van der Waals surface area contributed by atoms with Crippen LogP contribution in [0.1, 0.15) is 36.2 Å². The van der Waals surface area contributed by atoms with Crippen molar-refractivity contribution in [2.45, 2.75) is 38.7 Å². The second kappa shape index (κ2) is 8.50. The molecule has 2 aromatic rings. The smallest absolute Gasteiger partial charge is 0.320 e. The monoisotopic (exact) mass is 409 g/mol. The molecule has 0 aliphatic carbocycles. The summed E-state index contributed by atoms with van der Waals surface area (Å²) >= 11 is 0. The average molecular weight is 409 g/mol. The largest absolute Gasteiger partial charge is 0.465 e. The highest BCUT2D eigenvalue weighted by molar-refractivity contribution is 5.71. The minimum absolute atomic E-state index is 0.163. The van der Waals surface area contributed by atoms with Gasteiger partial charge in [-0.3, -0.25) is 14.7 Å². The molecule has 0 saturated carbocycles. The van der Waals surface area contributed by atoms with Crippen molar-refractivity contribution in [3.63, 3.8) is 0 Å². The van der Waals surface area contributed by atoms with Crippen LogP contribution in [0.15, 0.2) is 12.1 Å². The van der Waals surface area contributed by atoms with E-state index < -0.39 is 24.4 Å². The lowest BCUT2D eigenvalue weighted by Crippen LogP contribution is -2.48. The van der Waals surface area contributed by atoms with Crippen LogP contribution in [0.4, 0.5) is 8.78 Å². The quantitative estimate of drug-likeness (QED) is 0.726. The van der Waals surface area contributed by atoms with Crippen molar-refractivity contribution in [1.29, 1.82) is 0 Å². The molecule has 3 rings (SSSR count). The number of nitrogens with zero attached hydrogens (tertiary/aromatic N) is 5. The van der Waals surface area contributed by atoms with Crippen molar-refractivity contribution in [3.8, 4) is 11.4 Å². The molecule has 1 N–H and O–H groups in total. The third kappa shape index (κ3) is 4.76. The van der Waals surface area contributed by atoms with Gasteiger partial charge in [0.05, 0.1) is 37.7 Å². The molecule has 1 unspecified atom stereocenters. The van der Waals surface area contributed by atoms with Crippen LogP contribution < -0.4 is 0 Å². The summed E-state index contributed by atoms with van der Waals surface area (Å²) in [5, 5.41) is 17.4. The number of hydrogen-bond acceptors (Lipinski definition) is 7. The molecular weight excluding hydrogens is 384 g/mol. The van der Waals surface area contributed by atoms with Gasteiger partial charge in [-0.25, -0.2) is 13.5 Å². The van der Waals surface area contributed by atoms with Crippen molar-refractivity contribution in [3.05, 3.63) is 29.1 Å². The first kappa shape index (κ1) is 21.3. The van der Waals surface area contributed by atoms with E-state index in [4.69, 9.17) is 4.74 Å². The number of rotatable bonds is 6. The van der Waals surface area contributed by atoms with Crippen LogP contribution in [0.5, 0.6) is 0 Å². The van der Waals surface area contributed by atoms with Crippen molar-refractivity contribution in [2.24, 2.45) is 7.05 Å². The minimum Gasteiger partial charge on any atom is -0.465 e. The zero-order valence-electron chi connectivity index (χ0n) is 16.7. The number of carbonyl (C=O) groups is 1. The van der Waals surface area contributed by atoms with E-state index in [9.17, 15) is 18.7 Å². The number of carbonyl (C=O) groups excluding carboxylic acids is 1. The Kier molecular flexibility index (Phi) is 6.23. The number of aliphatic hydroxyl groups excluding tert-OH is 1. The molecule has 2 aromatic heterocycles. The maximum atomic E-state index is 14.3. The summed E-state index contributed by atoms with van der Waals surface area (Å²) in [5.41, 5.74) is 2.82. The third-order valence-electron chi connectivity index (χ3n) is 5.04. The summed E-state index contributed by atoms with van der Waals surface area (Å²) in [4.78, 5) is 17.7. The number of pyridine rings is 1. The Balaban J connectivity index is 1.84. The van der Waals surface area contributed by atoms with Gasteiger partial charge in [-0.05, 0) is 25.5 Å². The number of likely N-dealkylation sites (tertiary alicyclic amines) is 1. The van der Waals surface area contributed by atoms with E-state index in [2.05, 4.69) is 15.3 Å². The highest BCUT2D eigenvalue weighted by atomic mass is 19.3. The van der Waals surface area contributed by atoms with Gasteiger partial charge in [0.15, 0.2) is 0 Å². The van der Waals surface area contributed by atoms with Gasteiger partial charge < -0.3 is 9.84 Å². The van der Waals surface area contributed by atoms with Gasteiger partial charge in [0.2, 0.25) is 0 Å². The fourth-order valence-electron chi connectivity index (χ4n) is 3.80. The Morgan fingerprint density at radius 2 is 2.17 bits per heavy atom. The highest BCUT2D eigenvalue weighted by Crippen LogP contribution is 2.37. The van der Waals surface area contributed by atoms with E-state index in [1.165, 1.54) is 9.58 Å². The SMILES string of the molecule is CCOC(=O)CN1CC(c2ccc(-c3nnn(C)c3CO)nc2C)CC(F)(F)C1. The normalized spacial score (nSPS) is 19.3. The Morgan fingerprint density at radius 3 is 2.83 bits per heavy atom. The molecule has 3 heterocycles.